The predicted molar refractivity (Wildman–Crippen MR) is 13.8 cm³/mol. The SMILES string of the molecule is C#N.[Hg].[KH]. The molecule has 0 aliphatic heterocycles. The van der Waals surface area contributed by atoms with E-state index in [4.69, 9.17) is 5.26 Å². The second kappa shape index (κ2) is 19.6. The fourth-order valence-electron chi connectivity index (χ4n) is 0. The van der Waals surface area contributed by atoms with Crippen LogP contribution in [0.4, 0.5) is 0 Å². The Balaban J connectivity index is -0.00000000500. The van der Waals surface area contributed by atoms with Crippen LogP contribution in [0.1, 0.15) is 0 Å². The molecule has 0 fully saturated rings. The molecule has 0 atom stereocenters. The van der Waals surface area contributed by atoms with Crippen LogP contribution in [0.2, 0.25) is 0 Å². The van der Waals surface area contributed by atoms with Gasteiger partial charge in [0, 0.05) is 34.2 Å². The molecule has 0 aliphatic carbocycles. The summed E-state index contributed by atoms with van der Waals surface area (Å²) in [5.74, 6) is 0. The van der Waals surface area contributed by atoms with Crippen LogP contribution in [0.15, 0.2) is 0 Å². The van der Waals surface area contributed by atoms with Crippen LogP contribution in [0.25, 0.3) is 0 Å². The van der Waals surface area contributed by atoms with Gasteiger partial charge >= 0.3 is 51.4 Å². The van der Waals surface area contributed by atoms with Crippen molar-refractivity contribution in [3.05, 3.63) is 0 Å². The normalized spacial score (nSPS) is 0.500. The zero-order chi connectivity index (χ0) is 2.00. The molecule has 4 heavy (non-hydrogen) atoms. The summed E-state index contributed by atoms with van der Waals surface area (Å²) < 4.78 is 0. The number of nitrogens with zero attached hydrogens (tertiary/aromatic N) is 1. The third kappa shape index (κ3) is 8.96. The minimum atomic E-state index is 0. The molecule has 3 heteroatoms. The van der Waals surface area contributed by atoms with Crippen molar-refractivity contribution in [1.29, 1.82) is 5.26 Å². The van der Waals surface area contributed by atoms with E-state index < -0.39 is 0 Å². The van der Waals surface area contributed by atoms with Gasteiger partial charge in [-0.25, -0.2) is 5.26 Å². The first kappa shape index (κ1) is 16.6. The Kier molecular flexibility index (Phi) is 81.4. The standard InChI is InChI=1S/CHN.Hg.K.H/c1-2;;;/h1H;;;. The third-order valence-electron chi connectivity index (χ3n) is 0. The Hall–Kier alpha value is 2.06. The molecule has 0 aromatic carbocycles. The van der Waals surface area contributed by atoms with Crippen LogP contribution in [0.3, 0.4) is 0 Å². The zero-order valence-corrected chi connectivity index (χ0v) is 7.23. The topological polar surface area (TPSA) is 23.8 Å². The molecule has 14 valence electrons. The molecule has 0 unspecified atom stereocenters. The van der Waals surface area contributed by atoms with Gasteiger partial charge in [-0.2, -0.15) is 0 Å². The van der Waals surface area contributed by atoms with E-state index >= 15 is 0 Å². The summed E-state index contributed by atoms with van der Waals surface area (Å²) in [6.45, 7) is 3.50. The predicted octanol–water partition coefficient (Wildman–Crippen LogP) is -0.511. The van der Waals surface area contributed by atoms with E-state index in [0.717, 1.165) is 0 Å². The van der Waals surface area contributed by atoms with Crippen molar-refractivity contribution < 1.29 is 27.7 Å². The molecule has 0 rings (SSSR count). The summed E-state index contributed by atoms with van der Waals surface area (Å²) in [4.78, 5) is 0. The Morgan fingerprint density at radius 2 is 1.25 bits per heavy atom. The molecular weight excluding hydrogens is 266 g/mol. The number of rotatable bonds is 0. The van der Waals surface area contributed by atoms with Crippen LogP contribution in [-0.4, -0.2) is 51.4 Å². The molecule has 0 heterocycles. The Bertz CT molecular complexity index is 12.8. The van der Waals surface area contributed by atoms with Gasteiger partial charge in [0.25, 0.3) is 0 Å². The van der Waals surface area contributed by atoms with E-state index in [-0.39, 0.29) is 79.1 Å². The van der Waals surface area contributed by atoms with E-state index in [9.17, 15) is 0 Å². The molecular formula is CH2HgKN. The van der Waals surface area contributed by atoms with Gasteiger partial charge in [0.1, 0.15) is 0 Å². The third-order valence-corrected chi connectivity index (χ3v) is 0. The van der Waals surface area contributed by atoms with Crippen LogP contribution >= 0.6 is 0 Å². The maximum absolute atomic E-state index is 6.50. The molecule has 0 aromatic heterocycles. The molecule has 0 bridgehead atoms. The Morgan fingerprint density at radius 1 is 1.25 bits per heavy atom. The average molecular weight is 268 g/mol. The van der Waals surface area contributed by atoms with E-state index in [1.165, 1.54) is 0 Å². The summed E-state index contributed by atoms with van der Waals surface area (Å²) in [6.07, 6.45) is 0. The number of hydrogen-bond donors (Lipinski definition) is 0. The van der Waals surface area contributed by atoms with Crippen LogP contribution in [-0.2, 0) is 27.7 Å². The van der Waals surface area contributed by atoms with Gasteiger partial charge in [-0.05, 0) is 0 Å². The van der Waals surface area contributed by atoms with Crippen LogP contribution in [0, 0.1) is 11.8 Å². The molecule has 0 saturated carbocycles. The molecule has 0 aliphatic rings. The van der Waals surface area contributed by atoms with E-state index in [2.05, 4.69) is 6.57 Å². The van der Waals surface area contributed by atoms with E-state index in [1.807, 2.05) is 0 Å². The molecule has 0 saturated heterocycles. The quantitative estimate of drug-likeness (QED) is 0.543. The number of hydrogen-bond acceptors (Lipinski definition) is 1. The monoisotopic (exact) mass is 269 g/mol. The van der Waals surface area contributed by atoms with Crippen LogP contribution < -0.4 is 0 Å². The number of nitriles is 1. The van der Waals surface area contributed by atoms with Crippen molar-refractivity contribution in [1.82, 2.24) is 0 Å². The summed E-state index contributed by atoms with van der Waals surface area (Å²) >= 11 is 0. The van der Waals surface area contributed by atoms with Gasteiger partial charge in [0.05, 0.1) is 0 Å². The second-order valence-corrected chi connectivity index (χ2v) is 0. The first-order valence-corrected chi connectivity index (χ1v) is 0.258. The van der Waals surface area contributed by atoms with E-state index in [0.29, 0.717) is 0 Å². The van der Waals surface area contributed by atoms with Gasteiger partial charge in [-0.3, -0.25) is 0 Å². The fourth-order valence-corrected chi connectivity index (χ4v) is 0. The average Bonchev–Trinajstić information content (AvgIpc) is 1.00. The first-order chi connectivity index (χ1) is 1.00. The van der Waals surface area contributed by atoms with Gasteiger partial charge in [-0.15, -0.1) is 0 Å². The van der Waals surface area contributed by atoms with Gasteiger partial charge in [-0.1, -0.05) is 0 Å². The maximum atomic E-state index is 6.50. The molecule has 1 nitrogen and oxygen atoms in total. The van der Waals surface area contributed by atoms with Gasteiger partial charge in [0.2, 0.25) is 0 Å². The Labute approximate surface area is 88.7 Å². The van der Waals surface area contributed by atoms with Crippen molar-refractivity contribution in [2.45, 2.75) is 0 Å². The fraction of sp³-hybridized carbons (Fsp3) is 0. The molecule has 0 spiro atoms. The van der Waals surface area contributed by atoms with Crippen LogP contribution in [0.5, 0.6) is 0 Å². The molecule has 0 N–H and O–H groups in total. The van der Waals surface area contributed by atoms with Crippen molar-refractivity contribution in [2.75, 3.05) is 0 Å². The van der Waals surface area contributed by atoms with E-state index in [1.54, 1.807) is 0 Å². The van der Waals surface area contributed by atoms with Crippen molar-refractivity contribution in [3.8, 4) is 6.57 Å². The van der Waals surface area contributed by atoms with Crippen molar-refractivity contribution in [2.24, 2.45) is 0 Å². The van der Waals surface area contributed by atoms with Gasteiger partial charge < -0.3 is 0 Å². The molecule has 0 amide bonds. The minimum absolute atomic E-state index is 0. The molecule has 0 radical (unpaired) electrons. The summed E-state index contributed by atoms with van der Waals surface area (Å²) in [6, 6.07) is 0. The zero-order valence-electron chi connectivity index (χ0n) is 1.73. The first-order valence-electron chi connectivity index (χ1n) is 0.258. The second-order valence-electron chi connectivity index (χ2n) is 0. The summed E-state index contributed by atoms with van der Waals surface area (Å²) in [5, 5.41) is 6.50. The molecule has 0 aromatic rings. The summed E-state index contributed by atoms with van der Waals surface area (Å²) in [7, 11) is 0. The van der Waals surface area contributed by atoms with Crippen molar-refractivity contribution >= 4 is 51.4 Å². The van der Waals surface area contributed by atoms with Crippen molar-refractivity contribution in [3.63, 3.8) is 0 Å². The van der Waals surface area contributed by atoms with Gasteiger partial charge in [0.15, 0.2) is 0 Å². The Morgan fingerprint density at radius 3 is 1.25 bits per heavy atom. The summed E-state index contributed by atoms with van der Waals surface area (Å²) in [5.41, 5.74) is 0.